The minimum atomic E-state index is -0.264. The second kappa shape index (κ2) is 8.52. The molecule has 2 N–H and O–H groups in total. The molecule has 4 nitrogen and oxygen atoms in total. The van der Waals surface area contributed by atoms with Crippen LogP contribution >= 0.6 is 11.6 Å². The topological polar surface area (TPSA) is 58.2 Å². The molecule has 0 radical (unpaired) electrons. The summed E-state index contributed by atoms with van der Waals surface area (Å²) in [6, 6.07) is 21.5. The van der Waals surface area contributed by atoms with Crippen LogP contribution in [-0.2, 0) is 6.54 Å². The smallest absolute Gasteiger partial charge is 0.255 e. The molecule has 3 aromatic rings. The zero-order chi connectivity index (χ0) is 19.2. The fourth-order valence-electron chi connectivity index (χ4n) is 2.56. The quantitative estimate of drug-likeness (QED) is 0.668. The molecule has 0 spiro atoms. The first kappa shape index (κ1) is 18.7. The van der Waals surface area contributed by atoms with Crippen LogP contribution < -0.4 is 10.6 Å². The highest BCUT2D eigenvalue weighted by atomic mass is 35.5. The molecule has 0 saturated heterocycles. The molecule has 0 heterocycles. The highest BCUT2D eigenvalue weighted by Crippen LogP contribution is 2.15. The van der Waals surface area contributed by atoms with Gasteiger partial charge in [-0.1, -0.05) is 53.6 Å². The summed E-state index contributed by atoms with van der Waals surface area (Å²) in [5.41, 5.74) is 3.49. The summed E-state index contributed by atoms with van der Waals surface area (Å²) in [7, 11) is 0. The van der Waals surface area contributed by atoms with Crippen molar-refractivity contribution in [3.05, 3.63) is 100 Å². The van der Waals surface area contributed by atoms with Gasteiger partial charge in [-0.05, 0) is 48.9 Å². The second-order valence-corrected chi connectivity index (χ2v) is 6.58. The number of nitrogens with one attached hydrogen (secondary N) is 2. The third-order valence-electron chi connectivity index (χ3n) is 4.09. The van der Waals surface area contributed by atoms with E-state index in [9.17, 15) is 9.59 Å². The number of anilines is 1. The van der Waals surface area contributed by atoms with Crippen molar-refractivity contribution in [2.24, 2.45) is 0 Å². The van der Waals surface area contributed by atoms with Crippen LogP contribution in [0.1, 0.15) is 31.8 Å². The van der Waals surface area contributed by atoms with Crippen LogP contribution in [0.3, 0.4) is 0 Å². The maximum atomic E-state index is 12.4. The molecule has 0 bridgehead atoms. The van der Waals surface area contributed by atoms with Crippen molar-refractivity contribution in [1.29, 1.82) is 0 Å². The molecular weight excluding hydrogens is 360 g/mol. The SMILES string of the molecule is Cc1ccc(NC(=O)c2cccc(C(=O)NCc3ccccc3Cl)c2)cc1. The van der Waals surface area contributed by atoms with Crippen LogP contribution in [0, 0.1) is 6.92 Å². The molecule has 5 heteroatoms. The minimum Gasteiger partial charge on any atom is -0.348 e. The fraction of sp³-hybridized carbons (Fsp3) is 0.0909. The van der Waals surface area contributed by atoms with Crippen LogP contribution in [0.4, 0.5) is 5.69 Å². The van der Waals surface area contributed by atoms with Crippen molar-refractivity contribution in [1.82, 2.24) is 5.32 Å². The van der Waals surface area contributed by atoms with Gasteiger partial charge in [0.2, 0.25) is 0 Å². The molecule has 27 heavy (non-hydrogen) atoms. The zero-order valence-electron chi connectivity index (χ0n) is 14.8. The van der Waals surface area contributed by atoms with Gasteiger partial charge in [-0.25, -0.2) is 0 Å². The van der Waals surface area contributed by atoms with Gasteiger partial charge in [-0.15, -0.1) is 0 Å². The lowest BCUT2D eigenvalue weighted by atomic mass is 10.1. The Bertz CT molecular complexity index is 968. The Hall–Kier alpha value is -3.11. The molecule has 3 rings (SSSR count). The van der Waals surface area contributed by atoms with E-state index < -0.39 is 0 Å². The van der Waals surface area contributed by atoms with E-state index in [0.717, 1.165) is 11.1 Å². The van der Waals surface area contributed by atoms with E-state index in [-0.39, 0.29) is 11.8 Å². The average molecular weight is 379 g/mol. The van der Waals surface area contributed by atoms with Gasteiger partial charge in [0.05, 0.1) is 0 Å². The van der Waals surface area contributed by atoms with E-state index in [1.165, 1.54) is 0 Å². The number of carbonyl (C=O) groups excluding carboxylic acids is 2. The number of hydrogen-bond donors (Lipinski definition) is 2. The zero-order valence-corrected chi connectivity index (χ0v) is 15.6. The predicted octanol–water partition coefficient (Wildman–Crippen LogP) is 4.83. The number of carbonyl (C=O) groups is 2. The van der Waals surface area contributed by atoms with Crippen LogP contribution in [0.2, 0.25) is 5.02 Å². The summed E-state index contributed by atoms with van der Waals surface area (Å²) in [5.74, 6) is -0.528. The monoisotopic (exact) mass is 378 g/mol. The third-order valence-corrected chi connectivity index (χ3v) is 4.46. The van der Waals surface area contributed by atoms with E-state index in [1.54, 1.807) is 30.3 Å². The van der Waals surface area contributed by atoms with E-state index >= 15 is 0 Å². The lowest BCUT2D eigenvalue weighted by molar-refractivity contribution is 0.0951. The number of rotatable bonds is 5. The van der Waals surface area contributed by atoms with Crippen molar-refractivity contribution in [2.45, 2.75) is 13.5 Å². The van der Waals surface area contributed by atoms with Gasteiger partial charge in [0.25, 0.3) is 11.8 Å². The van der Waals surface area contributed by atoms with Crippen LogP contribution in [0.15, 0.2) is 72.8 Å². The molecular formula is C22H19ClN2O2. The van der Waals surface area contributed by atoms with Gasteiger partial charge < -0.3 is 10.6 Å². The Morgan fingerprint density at radius 2 is 1.52 bits per heavy atom. The van der Waals surface area contributed by atoms with Gasteiger partial charge in [-0.2, -0.15) is 0 Å². The molecule has 0 aliphatic carbocycles. The number of benzene rings is 3. The average Bonchev–Trinajstić information content (AvgIpc) is 2.69. The largest absolute Gasteiger partial charge is 0.348 e. The fourth-order valence-corrected chi connectivity index (χ4v) is 2.76. The van der Waals surface area contributed by atoms with Crippen molar-refractivity contribution >= 4 is 29.1 Å². The maximum absolute atomic E-state index is 12.4. The van der Waals surface area contributed by atoms with E-state index in [1.807, 2.05) is 49.4 Å². The predicted molar refractivity (Wildman–Crippen MR) is 108 cm³/mol. The van der Waals surface area contributed by atoms with Gasteiger partial charge in [-0.3, -0.25) is 9.59 Å². The molecule has 0 saturated carbocycles. The summed E-state index contributed by atoms with van der Waals surface area (Å²) in [6.45, 7) is 2.30. The molecule has 0 atom stereocenters. The highest BCUT2D eigenvalue weighted by Gasteiger charge is 2.11. The van der Waals surface area contributed by atoms with E-state index in [0.29, 0.717) is 28.4 Å². The normalized spacial score (nSPS) is 10.3. The lowest BCUT2D eigenvalue weighted by Crippen LogP contribution is -2.23. The van der Waals surface area contributed by atoms with Gasteiger partial charge >= 0.3 is 0 Å². The molecule has 0 aromatic heterocycles. The molecule has 3 aromatic carbocycles. The van der Waals surface area contributed by atoms with Crippen LogP contribution in [-0.4, -0.2) is 11.8 Å². The minimum absolute atomic E-state index is 0.264. The summed E-state index contributed by atoms with van der Waals surface area (Å²) in [5, 5.41) is 6.25. The molecule has 0 aliphatic rings. The second-order valence-electron chi connectivity index (χ2n) is 6.18. The van der Waals surface area contributed by atoms with E-state index in [2.05, 4.69) is 10.6 Å². The van der Waals surface area contributed by atoms with Gasteiger partial charge in [0.15, 0.2) is 0 Å². The Morgan fingerprint density at radius 1 is 0.852 bits per heavy atom. The van der Waals surface area contributed by atoms with Crippen LogP contribution in [0.25, 0.3) is 0 Å². The first-order valence-electron chi connectivity index (χ1n) is 8.52. The summed E-state index contributed by atoms with van der Waals surface area (Å²) >= 11 is 6.10. The Balaban J connectivity index is 1.67. The Labute approximate surface area is 163 Å². The lowest BCUT2D eigenvalue weighted by Gasteiger charge is -2.09. The van der Waals surface area contributed by atoms with Gasteiger partial charge in [0, 0.05) is 28.4 Å². The van der Waals surface area contributed by atoms with Crippen molar-refractivity contribution in [2.75, 3.05) is 5.32 Å². The van der Waals surface area contributed by atoms with Gasteiger partial charge in [0.1, 0.15) is 0 Å². The summed E-state index contributed by atoms with van der Waals surface area (Å²) in [4.78, 5) is 24.9. The van der Waals surface area contributed by atoms with Crippen LogP contribution in [0.5, 0.6) is 0 Å². The maximum Gasteiger partial charge on any atom is 0.255 e. The standard InChI is InChI=1S/C22H19ClN2O2/c1-15-9-11-19(12-10-15)25-22(27)17-7-4-6-16(13-17)21(26)24-14-18-5-2-3-8-20(18)23/h2-13H,14H2,1H3,(H,24,26)(H,25,27). The van der Waals surface area contributed by atoms with Crippen molar-refractivity contribution in [3.63, 3.8) is 0 Å². The Morgan fingerprint density at radius 3 is 2.22 bits per heavy atom. The summed E-state index contributed by atoms with van der Waals surface area (Å²) < 4.78 is 0. The molecule has 0 aliphatic heterocycles. The number of aryl methyl sites for hydroxylation is 1. The number of hydrogen-bond acceptors (Lipinski definition) is 2. The highest BCUT2D eigenvalue weighted by molar-refractivity contribution is 6.31. The number of halogens is 1. The molecule has 0 unspecified atom stereocenters. The van der Waals surface area contributed by atoms with E-state index in [4.69, 9.17) is 11.6 Å². The van der Waals surface area contributed by atoms with Crippen molar-refractivity contribution in [3.8, 4) is 0 Å². The Kier molecular flexibility index (Phi) is 5.89. The van der Waals surface area contributed by atoms with Crippen molar-refractivity contribution < 1.29 is 9.59 Å². The summed E-state index contributed by atoms with van der Waals surface area (Å²) in [6.07, 6.45) is 0. The molecule has 2 amide bonds. The first-order valence-corrected chi connectivity index (χ1v) is 8.90. The number of amides is 2. The third kappa shape index (κ3) is 4.96. The molecule has 0 fully saturated rings. The first-order chi connectivity index (χ1) is 13.0. The molecule has 136 valence electrons.